The number of carbonyl (C=O) groups is 1. The predicted octanol–water partition coefficient (Wildman–Crippen LogP) is 4.91. The van der Waals surface area contributed by atoms with Gasteiger partial charge in [-0.3, -0.25) is 4.79 Å². The maximum atomic E-state index is 12.7. The Labute approximate surface area is 147 Å². The number of benzene rings is 1. The number of halogens is 2. The number of nitrogens with zero attached hydrogens (tertiary/aromatic N) is 1. The monoisotopic (exact) mass is 362 g/mol. The fraction of sp³-hybridized carbons (Fsp3) is 0.176. The lowest BCUT2D eigenvalue weighted by Crippen LogP contribution is -2.28. The molecular weight excluding hydrogens is 351 g/mol. The Balaban J connectivity index is 1.56. The number of amides is 1. The summed E-state index contributed by atoms with van der Waals surface area (Å²) >= 11 is 11.9. The summed E-state index contributed by atoms with van der Waals surface area (Å²) in [5, 5.41) is 7.76. The Morgan fingerprint density at radius 1 is 1.12 bits per heavy atom. The van der Waals surface area contributed by atoms with Crippen molar-refractivity contribution in [3.05, 3.63) is 58.4 Å². The van der Waals surface area contributed by atoms with E-state index in [9.17, 15) is 4.79 Å². The fourth-order valence-corrected chi connectivity index (χ4v) is 2.88. The molecule has 0 radical (unpaired) electrons. The summed E-state index contributed by atoms with van der Waals surface area (Å²) < 4.78 is 10.6. The third-order valence-electron chi connectivity index (χ3n) is 4.13. The molecule has 5 nitrogen and oxygen atoms in total. The van der Waals surface area contributed by atoms with Crippen LogP contribution < -0.4 is 5.32 Å². The van der Waals surface area contributed by atoms with Crippen LogP contribution in [0, 0.1) is 0 Å². The van der Waals surface area contributed by atoms with E-state index in [0.29, 0.717) is 45.8 Å². The van der Waals surface area contributed by atoms with E-state index in [4.69, 9.17) is 32.1 Å². The van der Waals surface area contributed by atoms with Gasteiger partial charge >= 0.3 is 0 Å². The molecule has 0 atom stereocenters. The first-order chi connectivity index (χ1) is 11.6. The molecule has 1 saturated carbocycles. The molecule has 1 N–H and O–H groups in total. The van der Waals surface area contributed by atoms with Crippen molar-refractivity contribution < 1.29 is 13.7 Å². The Bertz CT molecular complexity index is 898. The van der Waals surface area contributed by atoms with Gasteiger partial charge in [-0.2, -0.15) is 0 Å². The third kappa shape index (κ3) is 2.60. The highest BCUT2D eigenvalue weighted by molar-refractivity contribution is 6.42. The van der Waals surface area contributed by atoms with Crippen LogP contribution in [0.3, 0.4) is 0 Å². The first-order valence-electron chi connectivity index (χ1n) is 7.36. The minimum absolute atomic E-state index is 0.139. The quantitative estimate of drug-likeness (QED) is 0.715. The zero-order chi connectivity index (χ0) is 16.7. The van der Waals surface area contributed by atoms with Crippen LogP contribution in [0.1, 0.15) is 18.5 Å². The minimum Gasteiger partial charge on any atom is -0.461 e. The van der Waals surface area contributed by atoms with Gasteiger partial charge in [0.2, 0.25) is 11.7 Å². The maximum Gasteiger partial charge on any atom is 0.236 e. The van der Waals surface area contributed by atoms with Crippen LogP contribution in [0.4, 0.5) is 5.69 Å². The number of anilines is 1. The SMILES string of the molecule is O=C(Nc1ccc(Cl)c(Cl)c1)C1(c2cc(-c3ccco3)on2)CC1. The van der Waals surface area contributed by atoms with Crippen molar-refractivity contribution in [1.29, 1.82) is 0 Å². The van der Waals surface area contributed by atoms with E-state index in [1.807, 2.05) is 0 Å². The molecule has 1 aliphatic carbocycles. The van der Waals surface area contributed by atoms with E-state index >= 15 is 0 Å². The number of hydrogen-bond acceptors (Lipinski definition) is 4. The van der Waals surface area contributed by atoms with Gasteiger partial charge < -0.3 is 14.3 Å². The Hall–Kier alpha value is -2.24. The lowest BCUT2D eigenvalue weighted by molar-refractivity contribution is -0.118. The van der Waals surface area contributed by atoms with Crippen LogP contribution in [0.2, 0.25) is 10.0 Å². The maximum absolute atomic E-state index is 12.7. The lowest BCUT2D eigenvalue weighted by Gasteiger charge is -2.12. The molecule has 122 valence electrons. The smallest absolute Gasteiger partial charge is 0.236 e. The fourth-order valence-electron chi connectivity index (χ4n) is 2.58. The van der Waals surface area contributed by atoms with Gasteiger partial charge in [0, 0.05) is 11.8 Å². The van der Waals surface area contributed by atoms with E-state index in [0.717, 1.165) is 0 Å². The number of aromatic nitrogens is 1. The summed E-state index contributed by atoms with van der Waals surface area (Å²) in [5.41, 5.74) is 0.530. The molecule has 0 spiro atoms. The van der Waals surface area contributed by atoms with Gasteiger partial charge in [0.05, 0.1) is 27.4 Å². The molecule has 0 saturated heterocycles. The molecule has 2 heterocycles. The second-order valence-corrected chi connectivity index (χ2v) is 6.53. The van der Waals surface area contributed by atoms with Gasteiger partial charge in [0.15, 0.2) is 5.76 Å². The number of carbonyl (C=O) groups excluding carboxylic acids is 1. The van der Waals surface area contributed by atoms with Crippen LogP contribution in [-0.4, -0.2) is 11.1 Å². The van der Waals surface area contributed by atoms with Crippen LogP contribution in [0.15, 0.2) is 51.6 Å². The van der Waals surface area contributed by atoms with E-state index in [2.05, 4.69) is 10.5 Å². The van der Waals surface area contributed by atoms with Crippen LogP contribution in [-0.2, 0) is 10.2 Å². The van der Waals surface area contributed by atoms with Crippen molar-refractivity contribution in [3.8, 4) is 11.5 Å². The Morgan fingerprint density at radius 2 is 1.96 bits per heavy atom. The lowest BCUT2D eigenvalue weighted by atomic mass is 10.0. The number of hydrogen-bond donors (Lipinski definition) is 1. The molecule has 24 heavy (non-hydrogen) atoms. The molecule has 1 aliphatic rings. The summed E-state index contributed by atoms with van der Waals surface area (Å²) in [6.07, 6.45) is 2.98. The van der Waals surface area contributed by atoms with Gasteiger partial charge in [0.25, 0.3) is 0 Å². The van der Waals surface area contributed by atoms with Gasteiger partial charge in [-0.1, -0.05) is 28.4 Å². The zero-order valence-corrected chi connectivity index (χ0v) is 13.9. The molecule has 7 heteroatoms. The molecule has 1 fully saturated rings. The number of nitrogens with one attached hydrogen (secondary N) is 1. The van der Waals surface area contributed by atoms with Gasteiger partial charge in [-0.15, -0.1) is 0 Å². The normalized spacial score (nSPS) is 15.2. The molecule has 4 rings (SSSR count). The van der Waals surface area contributed by atoms with Gasteiger partial charge in [-0.05, 0) is 43.2 Å². The van der Waals surface area contributed by atoms with Crippen LogP contribution >= 0.6 is 23.2 Å². The number of furan rings is 1. The van der Waals surface area contributed by atoms with Gasteiger partial charge in [-0.25, -0.2) is 0 Å². The zero-order valence-electron chi connectivity index (χ0n) is 12.4. The average Bonchev–Trinajstić information content (AvgIpc) is 3.00. The minimum atomic E-state index is -0.666. The van der Waals surface area contributed by atoms with Crippen LogP contribution in [0.5, 0.6) is 0 Å². The molecule has 0 bridgehead atoms. The topological polar surface area (TPSA) is 68.3 Å². The van der Waals surface area contributed by atoms with Crippen molar-refractivity contribution >= 4 is 34.8 Å². The first kappa shape index (κ1) is 15.3. The summed E-state index contributed by atoms with van der Waals surface area (Å²) in [6, 6.07) is 10.3. The largest absolute Gasteiger partial charge is 0.461 e. The van der Waals surface area contributed by atoms with Crippen molar-refractivity contribution in [1.82, 2.24) is 5.16 Å². The number of rotatable bonds is 4. The standard InChI is InChI=1S/C17H12Cl2N2O3/c18-11-4-3-10(8-12(11)19)20-16(22)17(5-6-17)15-9-14(24-21-15)13-2-1-7-23-13/h1-4,7-9H,5-6H2,(H,20,22). The third-order valence-corrected chi connectivity index (χ3v) is 4.87. The summed E-state index contributed by atoms with van der Waals surface area (Å²) in [6.45, 7) is 0. The van der Waals surface area contributed by atoms with E-state index in [1.54, 1.807) is 42.7 Å². The molecule has 0 unspecified atom stereocenters. The predicted molar refractivity (Wildman–Crippen MR) is 90.2 cm³/mol. The van der Waals surface area contributed by atoms with Crippen molar-refractivity contribution in [2.24, 2.45) is 0 Å². The summed E-state index contributed by atoms with van der Waals surface area (Å²) in [4.78, 5) is 12.7. The van der Waals surface area contributed by atoms with E-state index in [1.165, 1.54) is 0 Å². The molecule has 0 aliphatic heterocycles. The second kappa shape index (κ2) is 5.69. The summed E-state index contributed by atoms with van der Waals surface area (Å²) in [5.74, 6) is 0.943. The molecule has 1 amide bonds. The Kier molecular flexibility index (Phi) is 3.62. The first-order valence-corrected chi connectivity index (χ1v) is 8.12. The van der Waals surface area contributed by atoms with Crippen molar-refractivity contribution in [2.45, 2.75) is 18.3 Å². The van der Waals surface area contributed by atoms with Crippen molar-refractivity contribution in [2.75, 3.05) is 5.32 Å². The highest BCUT2D eigenvalue weighted by Crippen LogP contribution is 2.49. The highest BCUT2D eigenvalue weighted by atomic mass is 35.5. The Morgan fingerprint density at radius 3 is 2.62 bits per heavy atom. The second-order valence-electron chi connectivity index (χ2n) is 5.72. The van der Waals surface area contributed by atoms with Crippen LogP contribution in [0.25, 0.3) is 11.5 Å². The molecule has 1 aromatic carbocycles. The van der Waals surface area contributed by atoms with E-state index in [-0.39, 0.29) is 5.91 Å². The van der Waals surface area contributed by atoms with Gasteiger partial charge in [0.1, 0.15) is 0 Å². The van der Waals surface area contributed by atoms with Crippen molar-refractivity contribution in [3.63, 3.8) is 0 Å². The molecule has 3 aromatic rings. The summed E-state index contributed by atoms with van der Waals surface area (Å²) in [7, 11) is 0. The average molecular weight is 363 g/mol. The molecule has 2 aromatic heterocycles. The van der Waals surface area contributed by atoms with E-state index < -0.39 is 5.41 Å². The molecular formula is C17H12Cl2N2O3. The highest BCUT2D eigenvalue weighted by Gasteiger charge is 2.54.